The highest BCUT2D eigenvalue weighted by Gasteiger charge is 2.54. The normalized spacial score (nSPS) is 35.4. The molecule has 0 radical (unpaired) electrons. The van der Waals surface area contributed by atoms with Crippen LogP contribution in [0.25, 0.3) is 0 Å². The van der Waals surface area contributed by atoms with Gasteiger partial charge in [-0.15, -0.1) is 0 Å². The Hall–Kier alpha value is -0.750. The molecule has 0 bridgehead atoms. The van der Waals surface area contributed by atoms with Crippen molar-refractivity contribution in [3.8, 4) is 0 Å². The lowest BCUT2D eigenvalue weighted by Crippen LogP contribution is -2.57. The van der Waals surface area contributed by atoms with E-state index in [1.54, 1.807) is 4.90 Å². The van der Waals surface area contributed by atoms with E-state index in [2.05, 4.69) is 0 Å². The number of hydrogen-bond acceptors (Lipinski definition) is 4. The zero-order valence-corrected chi connectivity index (χ0v) is 8.27. The van der Waals surface area contributed by atoms with Crippen molar-refractivity contribution in [2.24, 2.45) is 0 Å². The Bertz CT molecular complexity index is 333. The molecule has 3 aliphatic heterocycles. The summed E-state index contributed by atoms with van der Waals surface area (Å²) in [6.45, 7) is 0. The van der Waals surface area contributed by atoms with E-state index in [9.17, 15) is 4.79 Å². The number of hydrogen-bond donors (Lipinski definition) is 0. The van der Waals surface area contributed by atoms with Crippen molar-refractivity contribution in [1.82, 2.24) is 4.90 Å². The van der Waals surface area contributed by atoms with E-state index in [1.807, 2.05) is 12.3 Å². The number of rotatable bonds is 0. The third-order valence-electron chi connectivity index (χ3n) is 2.37. The van der Waals surface area contributed by atoms with Gasteiger partial charge in [-0.05, 0) is 6.08 Å². The maximum absolute atomic E-state index is 11.1. The SMILES string of the molecule is O=C1CC2N1C=CCS21OC(=S)O1. The predicted octanol–water partition coefficient (Wildman–Crippen LogP) is 1.04. The Morgan fingerprint density at radius 2 is 2.38 bits per heavy atom. The lowest BCUT2D eigenvalue weighted by molar-refractivity contribution is -0.138. The van der Waals surface area contributed by atoms with Gasteiger partial charge in [0.2, 0.25) is 5.91 Å². The fraction of sp³-hybridized carbons (Fsp3) is 0.429. The maximum atomic E-state index is 11.1. The summed E-state index contributed by atoms with van der Waals surface area (Å²) in [7, 11) is -1.54. The first kappa shape index (κ1) is 7.64. The summed E-state index contributed by atoms with van der Waals surface area (Å²) >= 11 is 4.73. The van der Waals surface area contributed by atoms with E-state index in [0.29, 0.717) is 6.42 Å². The standard InChI is InChI=1S/C7H7NO3S2/c9-5-4-6-8(5)2-1-3-13(6)10-7(12)11-13/h1-2,6H,3-4H2. The number of β-lactam (4-membered cyclic amide) rings is 1. The molecule has 0 aliphatic carbocycles. The van der Waals surface area contributed by atoms with Crippen molar-refractivity contribution in [2.45, 2.75) is 11.8 Å². The average Bonchev–Trinajstić information content (AvgIpc) is 2.04. The molecule has 70 valence electrons. The fourth-order valence-electron chi connectivity index (χ4n) is 1.70. The molecule has 3 rings (SSSR count). The smallest absolute Gasteiger partial charge is 0.330 e. The molecule has 2 fully saturated rings. The molecule has 3 heterocycles. The van der Waals surface area contributed by atoms with Gasteiger partial charge in [0, 0.05) is 18.4 Å². The Kier molecular flexibility index (Phi) is 1.28. The molecule has 0 aromatic carbocycles. The third-order valence-corrected chi connectivity index (χ3v) is 5.50. The molecule has 0 saturated carbocycles. The average molecular weight is 217 g/mol. The summed E-state index contributed by atoms with van der Waals surface area (Å²) in [4.78, 5) is 12.8. The minimum atomic E-state index is -1.54. The molecule has 1 atom stereocenters. The van der Waals surface area contributed by atoms with Gasteiger partial charge in [0.1, 0.15) is 0 Å². The molecule has 1 spiro atoms. The number of carbonyl (C=O) groups is 1. The molecule has 4 nitrogen and oxygen atoms in total. The molecular weight excluding hydrogens is 210 g/mol. The topological polar surface area (TPSA) is 38.8 Å². The molecular formula is C7H7NO3S2. The summed E-state index contributed by atoms with van der Waals surface area (Å²) in [6.07, 6.45) is 4.25. The minimum Gasteiger partial charge on any atom is -0.330 e. The van der Waals surface area contributed by atoms with Crippen LogP contribution >= 0.6 is 22.8 Å². The van der Waals surface area contributed by atoms with E-state index in [4.69, 9.17) is 20.6 Å². The van der Waals surface area contributed by atoms with E-state index in [-0.39, 0.29) is 16.5 Å². The molecule has 6 heteroatoms. The maximum Gasteiger partial charge on any atom is 0.397 e. The Balaban J connectivity index is 1.89. The predicted molar refractivity (Wildman–Crippen MR) is 51.6 cm³/mol. The van der Waals surface area contributed by atoms with Gasteiger partial charge in [0.05, 0.1) is 12.2 Å². The second-order valence-electron chi connectivity index (χ2n) is 3.09. The van der Waals surface area contributed by atoms with Crippen molar-refractivity contribution < 1.29 is 13.2 Å². The lowest BCUT2D eigenvalue weighted by atomic mass is 10.2. The fourth-order valence-corrected chi connectivity index (χ4v) is 4.73. The zero-order chi connectivity index (χ0) is 9.05. The number of thiocarbonyl (C=S) groups is 1. The number of fused-ring (bicyclic) bond motifs is 2. The third kappa shape index (κ3) is 0.821. The first-order valence-corrected chi connectivity index (χ1v) is 6.04. The summed E-state index contributed by atoms with van der Waals surface area (Å²) in [6, 6.07) is 0. The van der Waals surface area contributed by atoms with E-state index in [1.165, 1.54) is 0 Å². The zero-order valence-electron chi connectivity index (χ0n) is 6.63. The van der Waals surface area contributed by atoms with Crippen LogP contribution in [0, 0.1) is 0 Å². The van der Waals surface area contributed by atoms with Crippen LogP contribution in [0.15, 0.2) is 12.3 Å². The van der Waals surface area contributed by atoms with Gasteiger partial charge < -0.3 is 8.37 Å². The van der Waals surface area contributed by atoms with Crippen molar-refractivity contribution in [2.75, 3.05) is 5.75 Å². The summed E-state index contributed by atoms with van der Waals surface area (Å²) < 4.78 is 10.8. The highest BCUT2D eigenvalue weighted by Crippen LogP contribution is 2.67. The second-order valence-corrected chi connectivity index (χ2v) is 5.96. The molecule has 0 N–H and O–H groups in total. The Morgan fingerprint density at radius 3 is 3.00 bits per heavy atom. The van der Waals surface area contributed by atoms with Crippen LogP contribution in [0.2, 0.25) is 0 Å². The van der Waals surface area contributed by atoms with Gasteiger partial charge in [-0.1, -0.05) is 10.6 Å². The van der Waals surface area contributed by atoms with Crippen LogP contribution in [-0.4, -0.2) is 27.2 Å². The molecule has 3 aliphatic rings. The largest absolute Gasteiger partial charge is 0.397 e. The Labute approximate surface area is 82.2 Å². The van der Waals surface area contributed by atoms with Crippen molar-refractivity contribution in [3.63, 3.8) is 0 Å². The quantitative estimate of drug-likeness (QED) is 0.449. The van der Waals surface area contributed by atoms with Crippen LogP contribution in [0.4, 0.5) is 0 Å². The van der Waals surface area contributed by atoms with Gasteiger partial charge in [0.25, 0.3) is 0 Å². The molecule has 13 heavy (non-hydrogen) atoms. The molecule has 0 aromatic rings. The van der Waals surface area contributed by atoms with Crippen molar-refractivity contribution >= 4 is 34.0 Å². The van der Waals surface area contributed by atoms with Gasteiger partial charge >= 0.3 is 5.24 Å². The van der Waals surface area contributed by atoms with Gasteiger partial charge in [-0.2, -0.15) is 0 Å². The van der Waals surface area contributed by atoms with Crippen molar-refractivity contribution in [3.05, 3.63) is 12.3 Å². The van der Waals surface area contributed by atoms with E-state index in [0.717, 1.165) is 5.75 Å². The van der Waals surface area contributed by atoms with E-state index < -0.39 is 10.6 Å². The highest BCUT2D eigenvalue weighted by atomic mass is 32.3. The minimum absolute atomic E-state index is 0.108. The summed E-state index contributed by atoms with van der Waals surface area (Å²) in [5, 5.41) is 0.335. The molecule has 0 aromatic heterocycles. The van der Waals surface area contributed by atoms with Gasteiger partial charge in [0.15, 0.2) is 5.37 Å². The van der Waals surface area contributed by atoms with Crippen LogP contribution in [-0.2, 0) is 13.2 Å². The monoisotopic (exact) mass is 217 g/mol. The lowest BCUT2D eigenvalue weighted by Gasteiger charge is -2.60. The first-order valence-electron chi connectivity index (χ1n) is 3.92. The number of carbonyl (C=O) groups excluding carboxylic acids is 1. The molecule has 1 amide bonds. The Morgan fingerprint density at radius 1 is 1.62 bits per heavy atom. The van der Waals surface area contributed by atoms with Crippen LogP contribution < -0.4 is 0 Å². The number of nitrogens with zero attached hydrogens (tertiary/aromatic N) is 1. The van der Waals surface area contributed by atoms with Crippen LogP contribution in [0.1, 0.15) is 6.42 Å². The van der Waals surface area contributed by atoms with Crippen LogP contribution in [0.3, 0.4) is 0 Å². The highest BCUT2D eigenvalue weighted by molar-refractivity contribution is 8.29. The van der Waals surface area contributed by atoms with Gasteiger partial charge in [-0.25, -0.2) is 0 Å². The molecule has 1 unspecified atom stereocenters. The summed E-state index contributed by atoms with van der Waals surface area (Å²) in [5.74, 6) is 0.888. The summed E-state index contributed by atoms with van der Waals surface area (Å²) in [5.41, 5.74) is 0. The number of amides is 1. The van der Waals surface area contributed by atoms with Crippen LogP contribution in [0.5, 0.6) is 0 Å². The molecule has 2 saturated heterocycles. The van der Waals surface area contributed by atoms with Crippen molar-refractivity contribution in [1.29, 1.82) is 0 Å². The van der Waals surface area contributed by atoms with E-state index >= 15 is 0 Å². The van der Waals surface area contributed by atoms with Gasteiger partial charge in [-0.3, -0.25) is 9.69 Å². The second kappa shape index (κ2) is 2.19. The first-order chi connectivity index (χ1) is 6.21.